The van der Waals surface area contributed by atoms with Crippen LogP contribution in [0.4, 0.5) is 17.1 Å². The van der Waals surface area contributed by atoms with Gasteiger partial charge in [-0.1, -0.05) is 126 Å². The highest BCUT2D eigenvalue weighted by Crippen LogP contribution is 2.59. The molecule has 0 saturated carbocycles. The maximum atomic E-state index is 2.43. The molecule has 0 atom stereocenters. The minimum Gasteiger partial charge on any atom is -0.310 e. The molecule has 0 saturated heterocycles. The van der Waals surface area contributed by atoms with Crippen LogP contribution in [0, 0.1) is 13.8 Å². The topological polar surface area (TPSA) is 3.24 Å². The van der Waals surface area contributed by atoms with Crippen molar-refractivity contribution in [2.45, 2.75) is 13.8 Å². The minimum absolute atomic E-state index is 1.15. The van der Waals surface area contributed by atoms with E-state index in [9.17, 15) is 0 Å². The van der Waals surface area contributed by atoms with Crippen molar-refractivity contribution in [3.8, 4) is 44.5 Å². The number of nitrogens with zero attached hydrogens (tertiary/aromatic N) is 1. The molecule has 1 nitrogen and oxygen atoms in total. The van der Waals surface area contributed by atoms with Crippen LogP contribution >= 0.6 is 0 Å². The molecular weight excluding hydrogens is 567 g/mol. The molecule has 0 fully saturated rings. The summed E-state index contributed by atoms with van der Waals surface area (Å²) >= 11 is 0. The third kappa shape index (κ3) is 4.47. The summed E-state index contributed by atoms with van der Waals surface area (Å²) in [6.07, 6.45) is 0. The van der Waals surface area contributed by atoms with Crippen LogP contribution in [-0.2, 0) is 0 Å². The molecule has 0 amide bonds. The van der Waals surface area contributed by atoms with E-state index < -0.39 is 0 Å². The number of anilines is 3. The number of benzene rings is 8. The Morgan fingerprint density at radius 2 is 0.766 bits per heavy atom. The number of hydrogen-bond acceptors (Lipinski definition) is 1. The van der Waals surface area contributed by atoms with Crippen LogP contribution in [0.5, 0.6) is 0 Å². The summed E-state index contributed by atoms with van der Waals surface area (Å²) in [5.41, 5.74) is 16.5. The predicted molar refractivity (Wildman–Crippen MR) is 201 cm³/mol. The van der Waals surface area contributed by atoms with Crippen molar-refractivity contribution >= 4 is 38.6 Å². The molecule has 0 bridgehead atoms. The van der Waals surface area contributed by atoms with E-state index in [4.69, 9.17) is 0 Å². The van der Waals surface area contributed by atoms with Crippen LogP contribution in [0.1, 0.15) is 11.1 Å². The molecule has 1 aliphatic carbocycles. The highest BCUT2D eigenvalue weighted by atomic mass is 15.1. The molecule has 0 heterocycles. The van der Waals surface area contributed by atoms with Crippen LogP contribution in [0.15, 0.2) is 164 Å². The van der Waals surface area contributed by atoms with Gasteiger partial charge in [0.15, 0.2) is 0 Å². The fourth-order valence-corrected chi connectivity index (χ4v) is 7.40. The van der Waals surface area contributed by atoms with E-state index in [1.807, 2.05) is 0 Å². The zero-order valence-electron chi connectivity index (χ0n) is 26.5. The Kier molecular flexibility index (Phi) is 6.33. The molecular formula is C46H33N. The zero-order chi connectivity index (χ0) is 31.5. The SMILES string of the molecule is Cc1ccc(N(c2ccc(C)cc2)c2ccc3cc4c(cc3c2)-c2c-4c(-c3ccccc3)c3ccccc3c2-c2ccccc2)cc1. The van der Waals surface area contributed by atoms with E-state index in [1.54, 1.807) is 0 Å². The van der Waals surface area contributed by atoms with Gasteiger partial charge in [-0.05, 0) is 128 Å². The molecule has 9 rings (SSSR count). The normalized spacial score (nSPS) is 11.6. The Bertz CT molecular complexity index is 2390. The fourth-order valence-electron chi connectivity index (χ4n) is 7.40. The highest BCUT2D eigenvalue weighted by molar-refractivity contribution is 6.25. The van der Waals surface area contributed by atoms with Gasteiger partial charge < -0.3 is 4.90 Å². The van der Waals surface area contributed by atoms with Gasteiger partial charge in [-0.2, -0.15) is 0 Å². The molecule has 0 radical (unpaired) electrons. The van der Waals surface area contributed by atoms with Gasteiger partial charge in [-0.15, -0.1) is 0 Å². The number of hydrogen-bond donors (Lipinski definition) is 0. The Balaban J connectivity index is 1.29. The zero-order valence-corrected chi connectivity index (χ0v) is 26.5. The lowest BCUT2D eigenvalue weighted by atomic mass is 9.70. The second-order valence-electron chi connectivity index (χ2n) is 12.7. The fraction of sp³-hybridized carbons (Fsp3) is 0.0435. The summed E-state index contributed by atoms with van der Waals surface area (Å²) in [4.78, 5) is 2.36. The van der Waals surface area contributed by atoms with Gasteiger partial charge >= 0.3 is 0 Å². The van der Waals surface area contributed by atoms with Crippen LogP contribution < -0.4 is 4.90 Å². The van der Waals surface area contributed by atoms with Crippen molar-refractivity contribution in [1.29, 1.82) is 0 Å². The molecule has 1 heteroatoms. The van der Waals surface area contributed by atoms with Gasteiger partial charge in [0.25, 0.3) is 0 Å². The van der Waals surface area contributed by atoms with Gasteiger partial charge in [0.05, 0.1) is 0 Å². The van der Waals surface area contributed by atoms with E-state index in [1.165, 1.54) is 77.2 Å². The Hall–Kier alpha value is -5.92. The van der Waals surface area contributed by atoms with Crippen molar-refractivity contribution < 1.29 is 0 Å². The maximum Gasteiger partial charge on any atom is 0.0468 e. The molecule has 8 aromatic rings. The highest BCUT2D eigenvalue weighted by Gasteiger charge is 2.32. The molecule has 8 aromatic carbocycles. The van der Waals surface area contributed by atoms with Crippen molar-refractivity contribution in [3.63, 3.8) is 0 Å². The molecule has 222 valence electrons. The third-order valence-corrected chi connectivity index (χ3v) is 9.68. The second-order valence-corrected chi connectivity index (χ2v) is 12.7. The lowest BCUT2D eigenvalue weighted by Gasteiger charge is -2.33. The number of fused-ring (bicyclic) bond motifs is 6. The summed E-state index contributed by atoms with van der Waals surface area (Å²) in [7, 11) is 0. The van der Waals surface area contributed by atoms with Crippen molar-refractivity contribution in [3.05, 3.63) is 175 Å². The maximum absolute atomic E-state index is 2.43. The van der Waals surface area contributed by atoms with Crippen LogP contribution in [0.2, 0.25) is 0 Å². The summed E-state index contributed by atoms with van der Waals surface area (Å²) in [6, 6.07) is 60.1. The molecule has 1 aliphatic rings. The molecule has 47 heavy (non-hydrogen) atoms. The molecule has 0 spiro atoms. The van der Waals surface area contributed by atoms with Gasteiger partial charge in [0, 0.05) is 17.1 Å². The first kappa shape index (κ1) is 27.4. The molecule has 0 unspecified atom stereocenters. The van der Waals surface area contributed by atoms with E-state index in [0.717, 1.165) is 17.1 Å². The third-order valence-electron chi connectivity index (χ3n) is 9.68. The van der Waals surface area contributed by atoms with Crippen molar-refractivity contribution in [2.24, 2.45) is 0 Å². The van der Waals surface area contributed by atoms with Gasteiger partial charge in [-0.25, -0.2) is 0 Å². The smallest absolute Gasteiger partial charge is 0.0468 e. The van der Waals surface area contributed by atoms with E-state index in [2.05, 4.69) is 183 Å². The Labute approximate surface area is 276 Å². The quantitative estimate of drug-likeness (QED) is 0.190. The minimum atomic E-state index is 1.15. The van der Waals surface area contributed by atoms with Crippen molar-refractivity contribution in [1.82, 2.24) is 0 Å². The van der Waals surface area contributed by atoms with Gasteiger partial charge in [-0.3, -0.25) is 0 Å². The molecule has 0 aliphatic heterocycles. The lowest BCUT2D eigenvalue weighted by Crippen LogP contribution is -2.10. The predicted octanol–water partition coefficient (Wildman–Crippen LogP) is 13.1. The first-order chi connectivity index (χ1) is 23.1. The van der Waals surface area contributed by atoms with Crippen LogP contribution in [0.25, 0.3) is 66.1 Å². The average molecular weight is 600 g/mol. The summed E-state index contributed by atoms with van der Waals surface area (Å²) in [6.45, 7) is 4.28. The average Bonchev–Trinajstić information content (AvgIpc) is 3.12. The summed E-state index contributed by atoms with van der Waals surface area (Å²) in [5.74, 6) is 0. The molecule has 0 N–H and O–H groups in total. The van der Waals surface area contributed by atoms with Gasteiger partial charge in [0.2, 0.25) is 0 Å². The first-order valence-electron chi connectivity index (χ1n) is 16.4. The second kappa shape index (κ2) is 10.9. The Morgan fingerprint density at radius 3 is 1.26 bits per heavy atom. The standard InChI is InChI=1S/C46H33N/c1-30-17-22-36(23-18-30)47(37-24-19-31(2)20-25-37)38-26-21-34-28-41-42(29-35(34)27-38)46-44(33-13-7-4-8-14-33)40-16-10-9-15-39(40)43(45(41)46)32-11-5-3-6-12-32/h3-29H,1-2H3. The first-order valence-corrected chi connectivity index (χ1v) is 16.4. The van der Waals surface area contributed by atoms with E-state index in [0.29, 0.717) is 0 Å². The summed E-state index contributed by atoms with van der Waals surface area (Å²) < 4.78 is 0. The Morgan fingerprint density at radius 1 is 0.340 bits per heavy atom. The monoisotopic (exact) mass is 599 g/mol. The summed E-state index contributed by atoms with van der Waals surface area (Å²) in [5, 5.41) is 5.08. The van der Waals surface area contributed by atoms with E-state index in [-0.39, 0.29) is 0 Å². The van der Waals surface area contributed by atoms with Gasteiger partial charge in [0.1, 0.15) is 0 Å². The number of rotatable bonds is 5. The van der Waals surface area contributed by atoms with Crippen LogP contribution in [0.3, 0.4) is 0 Å². The van der Waals surface area contributed by atoms with Crippen LogP contribution in [-0.4, -0.2) is 0 Å². The number of aryl methyl sites for hydroxylation is 2. The van der Waals surface area contributed by atoms with E-state index >= 15 is 0 Å². The van der Waals surface area contributed by atoms with Crippen molar-refractivity contribution in [2.75, 3.05) is 4.90 Å². The molecule has 0 aromatic heterocycles. The lowest BCUT2D eigenvalue weighted by molar-refractivity contribution is 1.27. The largest absolute Gasteiger partial charge is 0.310 e.